The van der Waals surface area contributed by atoms with Gasteiger partial charge in [0, 0.05) is 0 Å². The zero-order valence-electron chi connectivity index (χ0n) is 8.95. The largest absolute Gasteiger partial charge is 0.394 e. The first-order valence-electron chi connectivity index (χ1n) is 4.40. The van der Waals surface area contributed by atoms with Gasteiger partial charge in [0.2, 0.25) is 0 Å². The lowest BCUT2D eigenvalue weighted by Gasteiger charge is -1.96. The third kappa shape index (κ3) is 31.7. The summed E-state index contributed by atoms with van der Waals surface area (Å²) in [5.74, 6) is 0. The van der Waals surface area contributed by atoms with Gasteiger partial charge in [-0.25, -0.2) is 0 Å². The minimum atomic E-state index is -0.954. The molecule has 0 spiro atoms. The maximum Gasteiger partial charge on any atom is 0.100 e. The SMILES string of the molecule is C=CC.OCC(O)CO.OCC(O)CO. The first-order chi connectivity index (χ1) is 7.03. The van der Waals surface area contributed by atoms with Crippen LogP contribution in [-0.2, 0) is 0 Å². The van der Waals surface area contributed by atoms with Crippen molar-refractivity contribution in [3.8, 4) is 0 Å². The van der Waals surface area contributed by atoms with Gasteiger partial charge in [-0.05, 0) is 6.92 Å². The van der Waals surface area contributed by atoms with Crippen molar-refractivity contribution in [1.29, 1.82) is 0 Å². The van der Waals surface area contributed by atoms with E-state index in [1.807, 2.05) is 6.92 Å². The van der Waals surface area contributed by atoms with Gasteiger partial charge < -0.3 is 30.6 Å². The Morgan fingerprint density at radius 1 is 0.867 bits per heavy atom. The number of rotatable bonds is 4. The van der Waals surface area contributed by atoms with Crippen LogP contribution < -0.4 is 0 Å². The second-order valence-corrected chi connectivity index (χ2v) is 2.45. The van der Waals surface area contributed by atoms with Gasteiger partial charge in [-0.15, -0.1) is 6.58 Å². The quantitative estimate of drug-likeness (QED) is 0.304. The minimum Gasteiger partial charge on any atom is -0.394 e. The smallest absolute Gasteiger partial charge is 0.100 e. The molecule has 0 rings (SSSR count). The van der Waals surface area contributed by atoms with Crippen LogP contribution in [0.1, 0.15) is 6.92 Å². The highest BCUT2D eigenvalue weighted by atomic mass is 16.3. The van der Waals surface area contributed by atoms with Gasteiger partial charge in [0.25, 0.3) is 0 Å². The molecule has 0 aromatic rings. The Kier molecular flexibility index (Phi) is 25.5. The molecular weight excluding hydrogens is 204 g/mol. The predicted molar refractivity (Wildman–Crippen MR) is 56.2 cm³/mol. The molecule has 6 N–H and O–H groups in total. The topological polar surface area (TPSA) is 121 Å². The fourth-order valence-electron chi connectivity index (χ4n) is 0.115. The maximum absolute atomic E-state index is 8.17. The molecule has 0 saturated carbocycles. The van der Waals surface area contributed by atoms with Crippen molar-refractivity contribution in [3.63, 3.8) is 0 Å². The Bertz CT molecular complexity index is 90.8. The number of aliphatic hydroxyl groups excluding tert-OH is 6. The van der Waals surface area contributed by atoms with E-state index in [4.69, 9.17) is 30.6 Å². The molecule has 0 aliphatic heterocycles. The third-order valence-electron chi connectivity index (χ3n) is 0.843. The van der Waals surface area contributed by atoms with Crippen LogP contribution in [0.3, 0.4) is 0 Å². The molecule has 0 unspecified atom stereocenters. The second-order valence-electron chi connectivity index (χ2n) is 2.45. The van der Waals surface area contributed by atoms with Crippen molar-refractivity contribution in [3.05, 3.63) is 12.7 Å². The zero-order chi connectivity index (χ0) is 12.7. The van der Waals surface area contributed by atoms with Gasteiger partial charge in [0.15, 0.2) is 0 Å². The fraction of sp³-hybridized carbons (Fsp3) is 0.778. The van der Waals surface area contributed by atoms with Crippen molar-refractivity contribution in [2.24, 2.45) is 0 Å². The van der Waals surface area contributed by atoms with Crippen molar-refractivity contribution < 1.29 is 30.6 Å². The molecule has 0 aliphatic rings. The third-order valence-corrected chi connectivity index (χ3v) is 0.843. The molecule has 0 heterocycles. The van der Waals surface area contributed by atoms with Gasteiger partial charge in [-0.2, -0.15) is 0 Å². The first kappa shape index (κ1) is 20.0. The maximum atomic E-state index is 8.17. The normalized spacial score (nSPS) is 8.87. The lowest BCUT2D eigenvalue weighted by atomic mass is 10.4. The Labute approximate surface area is 89.7 Å². The van der Waals surface area contributed by atoms with Crippen LogP contribution in [0, 0.1) is 0 Å². The first-order valence-corrected chi connectivity index (χ1v) is 4.40. The van der Waals surface area contributed by atoms with Gasteiger partial charge in [0.05, 0.1) is 26.4 Å². The van der Waals surface area contributed by atoms with Crippen LogP contribution in [0.4, 0.5) is 0 Å². The molecule has 0 amide bonds. The summed E-state index contributed by atoms with van der Waals surface area (Å²) in [6.45, 7) is 3.79. The Hall–Kier alpha value is -0.500. The van der Waals surface area contributed by atoms with Crippen LogP contribution >= 0.6 is 0 Å². The number of hydrogen-bond acceptors (Lipinski definition) is 6. The summed E-state index contributed by atoms with van der Waals surface area (Å²) in [6, 6.07) is 0. The van der Waals surface area contributed by atoms with E-state index in [0.717, 1.165) is 0 Å². The monoisotopic (exact) mass is 226 g/mol. The Balaban J connectivity index is -0.000000153. The summed E-state index contributed by atoms with van der Waals surface area (Å²) in [5, 5.41) is 48.0. The highest BCUT2D eigenvalue weighted by Crippen LogP contribution is 1.72. The molecule has 0 bridgehead atoms. The molecule has 94 valence electrons. The van der Waals surface area contributed by atoms with E-state index in [0.29, 0.717) is 0 Å². The van der Waals surface area contributed by atoms with Gasteiger partial charge in [0.1, 0.15) is 12.2 Å². The van der Waals surface area contributed by atoms with Crippen LogP contribution in [-0.4, -0.2) is 69.3 Å². The molecule has 6 nitrogen and oxygen atoms in total. The predicted octanol–water partition coefficient (Wildman–Crippen LogP) is -2.14. The number of allylic oxidation sites excluding steroid dienone is 1. The summed E-state index contributed by atoms with van der Waals surface area (Å²) < 4.78 is 0. The van der Waals surface area contributed by atoms with Gasteiger partial charge in [-0.3, -0.25) is 0 Å². The van der Waals surface area contributed by atoms with E-state index in [-0.39, 0.29) is 26.4 Å². The molecule has 15 heavy (non-hydrogen) atoms. The summed E-state index contributed by atoms with van der Waals surface area (Å²) in [4.78, 5) is 0. The summed E-state index contributed by atoms with van der Waals surface area (Å²) >= 11 is 0. The van der Waals surface area contributed by atoms with Crippen molar-refractivity contribution in [2.45, 2.75) is 19.1 Å². The molecule has 0 radical (unpaired) electrons. The second kappa shape index (κ2) is 19.1. The average Bonchev–Trinajstić information content (AvgIpc) is 2.28. The lowest BCUT2D eigenvalue weighted by molar-refractivity contribution is 0.0450. The minimum absolute atomic E-state index is 0.365. The van der Waals surface area contributed by atoms with Crippen molar-refractivity contribution >= 4 is 0 Å². The number of aliphatic hydroxyl groups is 6. The van der Waals surface area contributed by atoms with E-state index >= 15 is 0 Å². The Morgan fingerprint density at radius 3 is 1.00 bits per heavy atom. The van der Waals surface area contributed by atoms with E-state index in [1.54, 1.807) is 6.08 Å². The fourth-order valence-corrected chi connectivity index (χ4v) is 0.115. The average molecular weight is 226 g/mol. The van der Waals surface area contributed by atoms with E-state index in [9.17, 15) is 0 Å². The van der Waals surface area contributed by atoms with Crippen LogP contribution in [0.2, 0.25) is 0 Å². The molecular formula is C9H22O6. The molecule has 0 aromatic carbocycles. The summed E-state index contributed by atoms with van der Waals surface area (Å²) in [6.07, 6.45) is -0.157. The summed E-state index contributed by atoms with van der Waals surface area (Å²) in [7, 11) is 0. The molecule has 0 saturated heterocycles. The van der Waals surface area contributed by atoms with E-state index in [2.05, 4.69) is 6.58 Å². The zero-order valence-corrected chi connectivity index (χ0v) is 8.95. The van der Waals surface area contributed by atoms with Gasteiger partial charge >= 0.3 is 0 Å². The Morgan fingerprint density at radius 2 is 1.00 bits per heavy atom. The molecule has 0 fully saturated rings. The van der Waals surface area contributed by atoms with Gasteiger partial charge in [-0.1, -0.05) is 6.08 Å². The number of hydrogen-bond donors (Lipinski definition) is 6. The van der Waals surface area contributed by atoms with Crippen LogP contribution in [0.25, 0.3) is 0 Å². The highest BCUT2D eigenvalue weighted by Gasteiger charge is 1.94. The van der Waals surface area contributed by atoms with Crippen LogP contribution in [0.15, 0.2) is 12.7 Å². The van der Waals surface area contributed by atoms with Crippen LogP contribution in [0.5, 0.6) is 0 Å². The van der Waals surface area contributed by atoms with Crippen molar-refractivity contribution in [1.82, 2.24) is 0 Å². The van der Waals surface area contributed by atoms with E-state index in [1.165, 1.54) is 0 Å². The van der Waals surface area contributed by atoms with Crippen molar-refractivity contribution in [2.75, 3.05) is 26.4 Å². The highest BCUT2D eigenvalue weighted by molar-refractivity contribution is 4.51. The van der Waals surface area contributed by atoms with E-state index < -0.39 is 12.2 Å². The standard InChI is InChI=1S/2C3H8O3.C3H6/c2*4-1-3(6)2-5;1-3-2/h2*3-6H,1-2H2;3H,1H2,2H3. The molecule has 0 atom stereocenters. The molecule has 0 aliphatic carbocycles. The summed E-state index contributed by atoms with van der Waals surface area (Å²) in [5.41, 5.74) is 0. The lowest BCUT2D eigenvalue weighted by Crippen LogP contribution is -2.15. The molecule has 0 aromatic heterocycles. The molecule has 6 heteroatoms.